The molecule has 0 spiro atoms. The van der Waals surface area contributed by atoms with Gasteiger partial charge in [-0.15, -0.1) is 0 Å². The number of amides is 4. The highest BCUT2D eigenvalue weighted by Crippen LogP contribution is 2.35. The Morgan fingerprint density at radius 3 is 2.50 bits per heavy atom. The first-order chi connectivity index (χ1) is 12.2. The van der Waals surface area contributed by atoms with Crippen LogP contribution in [0.1, 0.15) is 37.4 Å². The predicted octanol–water partition coefficient (Wildman–Crippen LogP) is 1.85. The number of alkyl halides is 3. The number of anilines is 1. The lowest BCUT2D eigenvalue weighted by molar-refractivity contribution is -0.141. The van der Waals surface area contributed by atoms with Gasteiger partial charge in [-0.1, -0.05) is 12.8 Å². The van der Waals surface area contributed by atoms with Crippen LogP contribution >= 0.6 is 0 Å². The van der Waals surface area contributed by atoms with Gasteiger partial charge in [0.05, 0.1) is 6.04 Å². The first-order valence-corrected chi connectivity index (χ1v) is 8.19. The van der Waals surface area contributed by atoms with Gasteiger partial charge < -0.3 is 10.2 Å². The van der Waals surface area contributed by atoms with Crippen LogP contribution < -0.4 is 5.32 Å². The number of imide groups is 1. The van der Waals surface area contributed by atoms with E-state index in [9.17, 15) is 27.6 Å². The second-order valence-corrected chi connectivity index (χ2v) is 6.43. The number of hydrogen-bond acceptors (Lipinski definition) is 4. The molecule has 1 aromatic rings. The van der Waals surface area contributed by atoms with Crippen LogP contribution in [-0.4, -0.2) is 57.6 Å². The highest BCUT2D eigenvalue weighted by molar-refractivity contribution is 6.04. The van der Waals surface area contributed by atoms with E-state index >= 15 is 0 Å². The normalized spacial score (nSPS) is 18.9. The van der Waals surface area contributed by atoms with Crippen LogP contribution in [0.15, 0.2) is 6.07 Å². The molecule has 1 saturated carbocycles. The standard InChI is InChI=1S/C15H18F3N5O3/c1-21-13(25)8-22(14(21)26)7-12(24)19-11-6-10(15(16,17)18)20-23(11)9-4-2-3-5-9/h6,9H,2-5,7-8H2,1H3,(H,19,24). The number of nitrogens with one attached hydrogen (secondary N) is 1. The molecule has 1 saturated heterocycles. The summed E-state index contributed by atoms with van der Waals surface area (Å²) in [5, 5.41) is 6.02. The summed E-state index contributed by atoms with van der Waals surface area (Å²) in [6, 6.07) is -0.0350. The Labute approximate surface area is 146 Å². The van der Waals surface area contributed by atoms with Crippen molar-refractivity contribution in [3.63, 3.8) is 0 Å². The van der Waals surface area contributed by atoms with Gasteiger partial charge in [-0.3, -0.25) is 14.5 Å². The number of aromatic nitrogens is 2. The lowest BCUT2D eigenvalue weighted by atomic mass is 10.2. The Bertz CT molecular complexity index is 739. The molecule has 0 unspecified atom stereocenters. The third kappa shape index (κ3) is 3.51. The predicted molar refractivity (Wildman–Crippen MR) is 83.1 cm³/mol. The Morgan fingerprint density at radius 2 is 1.96 bits per heavy atom. The Morgan fingerprint density at radius 1 is 1.31 bits per heavy atom. The maximum Gasteiger partial charge on any atom is 0.435 e. The quantitative estimate of drug-likeness (QED) is 0.816. The third-order valence-corrected chi connectivity index (χ3v) is 4.56. The number of urea groups is 1. The van der Waals surface area contributed by atoms with Gasteiger partial charge in [0.15, 0.2) is 5.69 Å². The fraction of sp³-hybridized carbons (Fsp3) is 0.600. The summed E-state index contributed by atoms with van der Waals surface area (Å²) < 4.78 is 40.2. The molecular weight excluding hydrogens is 355 g/mol. The molecule has 4 amide bonds. The lowest BCUT2D eigenvalue weighted by Crippen LogP contribution is -2.36. The summed E-state index contributed by atoms with van der Waals surface area (Å²) in [6.07, 6.45) is -1.48. The molecule has 2 heterocycles. The van der Waals surface area contributed by atoms with Crippen molar-refractivity contribution in [3.8, 4) is 0 Å². The van der Waals surface area contributed by atoms with Crippen molar-refractivity contribution in [3.05, 3.63) is 11.8 Å². The monoisotopic (exact) mass is 373 g/mol. The Hall–Kier alpha value is -2.59. The van der Waals surface area contributed by atoms with E-state index in [1.807, 2.05) is 0 Å². The van der Waals surface area contributed by atoms with Gasteiger partial charge in [-0.05, 0) is 12.8 Å². The molecule has 0 aromatic carbocycles. The maximum atomic E-state index is 13.0. The molecule has 1 aromatic heterocycles. The second kappa shape index (κ2) is 6.61. The second-order valence-electron chi connectivity index (χ2n) is 6.43. The van der Waals surface area contributed by atoms with Crippen molar-refractivity contribution >= 4 is 23.7 Å². The molecule has 1 N–H and O–H groups in total. The molecule has 0 bridgehead atoms. The van der Waals surface area contributed by atoms with E-state index < -0.39 is 36.3 Å². The van der Waals surface area contributed by atoms with Crippen LogP contribution in [0.3, 0.4) is 0 Å². The minimum absolute atomic E-state index is 0.0550. The molecule has 1 aliphatic carbocycles. The van der Waals surface area contributed by atoms with Gasteiger partial charge in [0.1, 0.15) is 18.9 Å². The van der Waals surface area contributed by atoms with Gasteiger partial charge in [-0.25, -0.2) is 9.48 Å². The fourth-order valence-electron chi connectivity index (χ4n) is 3.19. The average Bonchev–Trinajstić information content (AvgIpc) is 3.24. The average molecular weight is 373 g/mol. The number of likely N-dealkylation sites (N-methyl/N-ethyl adjacent to an activating group) is 1. The molecular formula is C15H18F3N5O3. The molecule has 1 aliphatic heterocycles. The van der Waals surface area contributed by atoms with Crippen LogP contribution in [-0.2, 0) is 15.8 Å². The van der Waals surface area contributed by atoms with Crippen LogP contribution in [0.5, 0.6) is 0 Å². The molecule has 2 fully saturated rings. The smallest absolute Gasteiger partial charge is 0.309 e. The van der Waals surface area contributed by atoms with Gasteiger partial charge in [0.25, 0.3) is 0 Å². The van der Waals surface area contributed by atoms with Crippen LogP contribution in [0.25, 0.3) is 0 Å². The number of hydrogen-bond donors (Lipinski definition) is 1. The zero-order valence-corrected chi connectivity index (χ0v) is 14.0. The first-order valence-electron chi connectivity index (χ1n) is 8.19. The van der Waals surface area contributed by atoms with Gasteiger partial charge >= 0.3 is 12.2 Å². The Balaban J connectivity index is 1.75. The molecule has 142 valence electrons. The first kappa shape index (κ1) is 18.2. The van der Waals surface area contributed by atoms with Gasteiger partial charge in [0, 0.05) is 13.1 Å². The minimum Gasteiger partial charge on any atom is -0.309 e. The van der Waals surface area contributed by atoms with E-state index in [0.717, 1.165) is 28.7 Å². The van der Waals surface area contributed by atoms with E-state index in [1.165, 1.54) is 11.7 Å². The van der Waals surface area contributed by atoms with E-state index in [2.05, 4.69) is 10.4 Å². The highest BCUT2D eigenvalue weighted by Gasteiger charge is 2.37. The number of carbonyl (C=O) groups is 3. The van der Waals surface area contributed by atoms with Gasteiger partial charge in [0.2, 0.25) is 11.8 Å². The number of carbonyl (C=O) groups excluding carboxylic acids is 3. The van der Waals surface area contributed by atoms with Crippen LogP contribution in [0.4, 0.5) is 23.8 Å². The molecule has 0 atom stereocenters. The van der Waals surface area contributed by atoms with Crippen molar-refractivity contribution in [2.45, 2.75) is 37.9 Å². The van der Waals surface area contributed by atoms with Crippen LogP contribution in [0, 0.1) is 0 Å². The molecule has 3 rings (SSSR count). The summed E-state index contributed by atoms with van der Waals surface area (Å²) in [7, 11) is 1.30. The van der Waals surface area contributed by atoms with Crippen molar-refractivity contribution < 1.29 is 27.6 Å². The Kier molecular flexibility index (Phi) is 4.63. The number of halogens is 3. The fourth-order valence-corrected chi connectivity index (χ4v) is 3.19. The summed E-state index contributed by atoms with van der Waals surface area (Å²) in [5.41, 5.74) is -1.08. The van der Waals surface area contributed by atoms with Crippen molar-refractivity contribution in [2.24, 2.45) is 0 Å². The van der Waals surface area contributed by atoms with Crippen molar-refractivity contribution in [1.82, 2.24) is 19.6 Å². The maximum absolute atomic E-state index is 13.0. The lowest BCUT2D eigenvalue weighted by Gasteiger charge is -2.17. The molecule has 2 aliphatic rings. The van der Waals surface area contributed by atoms with Gasteiger partial charge in [-0.2, -0.15) is 18.3 Å². The number of nitrogens with zero attached hydrogens (tertiary/aromatic N) is 4. The van der Waals surface area contributed by atoms with E-state index in [1.54, 1.807) is 0 Å². The van der Waals surface area contributed by atoms with E-state index in [0.29, 0.717) is 12.8 Å². The molecule has 0 radical (unpaired) electrons. The van der Waals surface area contributed by atoms with E-state index in [4.69, 9.17) is 0 Å². The molecule has 8 nitrogen and oxygen atoms in total. The van der Waals surface area contributed by atoms with Crippen molar-refractivity contribution in [2.75, 3.05) is 25.5 Å². The zero-order chi connectivity index (χ0) is 19.1. The summed E-state index contributed by atoms with van der Waals surface area (Å²) in [4.78, 5) is 37.4. The highest BCUT2D eigenvalue weighted by atomic mass is 19.4. The summed E-state index contributed by atoms with van der Waals surface area (Å²) in [5.74, 6) is -1.19. The topological polar surface area (TPSA) is 87.5 Å². The largest absolute Gasteiger partial charge is 0.435 e. The molecule has 11 heteroatoms. The van der Waals surface area contributed by atoms with E-state index in [-0.39, 0.29) is 18.4 Å². The van der Waals surface area contributed by atoms with Crippen molar-refractivity contribution in [1.29, 1.82) is 0 Å². The summed E-state index contributed by atoms with van der Waals surface area (Å²) in [6.45, 7) is -0.662. The number of rotatable bonds is 4. The third-order valence-electron chi connectivity index (χ3n) is 4.56. The SMILES string of the molecule is CN1C(=O)CN(CC(=O)Nc2cc(C(F)(F)F)nn2C2CCCC2)C1=O. The molecule has 26 heavy (non-hydrogen) atoms. The van der Waals surface area contributed by atoms with Crippen LogP contribution in [0.2, 0.25) is 0 Å². The zero-order valence-electron chi connectivity index (χ0n) is 14.0. The minimum atomic E-state index is -4.62. The summed E-state index contributed by atoms with van der Waals surface area (Å²) >= 11 is 0.